The maximum atomic E-state index is 5.48. The highest BCUT2D eigenvalue weighted by Crippen LogP contribution is 2.22. The van der Waals surface area contributed by atoms with Gasteiger partial charge in [-0.15, -0.1) is 0 Å². The van der Waals surface area contributed by atoms with E-state index in [9.17, 15) is 0 Å². The van der Waals surface area contributed by atoms with Crippen LogP contribution in [0.4, 0.5) is 5.69 Å². The predicted octanol–water partition coefficient (Wildman–Crippen LogP) is 5.14. The summed E-state index contributed by atoms with van der Waals surface area (Å²) in [6.45, 7) is 9.07. The second-order valence-corrected chi connectivity index (χ2v) is 6.28. The van der Waals surface area contributed by atoms with Crippen molar-refractivity contribution in [3.05, 3.63) is 59.2 Å². The fourth-order valence-corrected chi connectivity index (χ4v) is 3.00. The van der Waals surface area contributed by atoms with E-state index in [2.05, 4.69) is 49.6 Å². The Labute approximate surface area is 150 Å². The van der Waals surface area contributed by atoms with Crippen molar-refractivity contribution in [2.45, 2.75) is 40.2 Å². The van der Waals surface area contributed by atoms with Crippen molar-refractivity contribution in [2.75, 3.05) is 11.9 Å². The summed E-state index contributed by atoms with van der Waals surface area (Å²) in [5.41, 5.74) is 4.81. The summed E-state index contributed by atoms with van der Waals surface area (Å²) >= 11 is 5.48. The number of benzene rings is 2. The van der Waals surface area contributed by atoms with Gasteiger partial charge in [-0.3, -0.25) is 0 Å². The third-order valence-electron chi connectivity index (χ3n) is 3.94. The van der Waals surface area contributed by atoms with Gasteiger partial charge in [-0.25, -0.2) is 0 Å². The first-order valence-corrected chi connectivity index (χ1v) is 8.81. The lowest BCUT2D eigenvalue weighted by molar-refractivity contribution is 0.340. The summed E-state index contributed by atoms with van der Waals surface area (Å²) < 4.78 is 5.45. The number of hydrogen-bond donors (Lipinski definition) is 2. The number of nitrogens with one attached hydrogen (secondary N) is 2. The number of thiocarbonyl (C=S) groups is 1. The minimum atomic E-state index is 0.202. The van der Waals surface area contributed by atoms with E-state index in [1.54, 1.807) is 0 Å². The maximum Gasteiger partial charge on any atom is 0.171 e. The highest BCUT2D eigenvalue weighted by atomic mass is 32.1. The molecule has 3 nitrogen and oxygen atoms in total. The number of anilines is 1. The van der Waals surface area contributed by atoms with E-state index in [1.807, 2.05) is 31.2 Å². The standard InChI is InChI=1S/C20H26N2OS/c1-5-19(18-12-7-14(3)13-15(18)4)22-20(24)21-16-8-10-17(11-9-16)23-6-2/h7-13,19H,5-6H2,1-4H3,(H2,21,22,24)/t19-/m0/s1. The Morgan fingerprint density at radius 2 is 1.79 bits per heavy atom. The first kappa shape index (κ1) is 18.3. The number of ether oxygens (including phenoxy) is 1. The van der Waals surface area contributed by atoms with E-state index < -0.39 is 0 Å². The van der Waals surface area contributed by atoms with E-state index in [4.69, 9.17) is 17.0 Å². The molecule has 128 valence electrons. The van der Waals surface area contributed by atoms with Crippen LogP contribution in [0.15, 0.2) is 42.5 Å². The van der Waals surface area contributed by atoms with Gasteiger partial charge in [-0.2, -0.15) is 0 Å². The van der Waals surface area contributed by atoms with Crippen LogP contribution in [0.3, 0.4) is 0 Å². The molecular weight excluding hydrogens is 316 g/mol. The van der Waals surface area contributed by atoms with E-state index in [-0.39, 0.29) is 6.04 Å². The smallest absolute Gasteiger partial charge is 0.171 e. The fraction of sp³-hybridized carbons (Fsp3) is 0.350. The lowest BCUT2D eigenvalue weighted by Gasteiger charge is -2.22. The average Bonchev–Trinajstić information content (AvgIpc) is 2.55. The molecule has 2 rings (SSSR count). The number of rotatable bonds is 6. The van der Waals surface area contributed by atoms with Crippen LogP contribution in [0.1, 0.15) is 43.0 Å². The molecule has 0 aromatic heterocycles. The number of aryl methyl sites for hydroxylation is 2. The molecule has 4 heteroatoms. The summed E-state index contributed by atoms with van der Waals surface area (Å²) in [6.07, 6.45) is 0.967. The molecule has 0 aliphatic rings. The Hall–Kier alpha value is -2.07. The molecule has 0 bridgehead atoms. The molecule has 0 aliphatic carbocycles. The van der Waals surface area contributed by atoms with Crippen molar-refractivity contribution in [3.63, 3.8) is 0 Å². The predicted molar refractivity (Wildman–Crippen MR) is 106 cm³/mol. The molecule has 2 N–H and O–H groups in total. The van der Waals surface area contributed by atoms with Crippen molar-refractivity contribution >= 4 is 23.0 Å². The normalized spacial score (nSPS) is 11.7. The van der Waals surface area contributed by atoms with Crippen LogP contribution in [0, 0.1) is 13.8 Å². The van der Waals surface area contributed by atoms with Crippen LogP contribution >= 0.6 is 12.2 Å². The minimum Gasteiger partial charge on any atom is -0.494 e. The SMILES string of the molecule is CCOc1ccc(NC(=S)N[C@@H](CC)c2ccc(C)cc2C)cc1. The maximum absolute atomic E-state index is 5.48. The van der Waals surface area contributed by atoms with Gasteiger partial charge in [-0.1, -0.05) is 30.7 Å². The van der Waals surface area contributed by atoms with Crippen LogP contribution in [0.2, 0.25) is 0 Å². The Balaban J connectivity index is 2.01. The van der Waals surface area contributed by atoms with Gasteiger partial charge in [0.05, 0.1) is 12.6 Å². The quantitative estimate of drug-likeness (QED) is 0.712. The summed E-state index contributed by atoms with van der Waals surface area (Å²) in [7, 11) is 0. The van der Waals surface area contributed by atoms with Crippen molar-refractivity contribution in [1.82, 2.24) is 5.32 Å². The fourth-order valence-electron chi connectivity index (χ4n) is 2.74. The second kappa shape index (κ2) is 8.69. The Bertz CT molecular complexity index is 683. The molecule has 0 spiro atoms. The zero-order valence-corrected chi connectivity index (χ0v) is 15.7. The van der Waals surface area contributed by atoms with Gasteiger partial charge in [-0.05, 0) is 74.8 Å². The molecule has 1 atom stereocenters. The van der Waals surface area contributed by atoms with Crippen molar-refractivity contribution < 1.29 is 4.74 Å². The Morgan fingerprint density at radius 3 is 2.38 bits per heavy atom. The molecule has 0 saturated carbocycles. The van der Waals surface area contributed by atoms with Gasteiger partial charge in [0.15, 0.2) is 5.11 Å². The zero-order valence-electron chi connectivity index (χ0n) is 14.8. The van der Waals surface area contributed by atoms with E-state index in [0.29, 0.717) is 11.7 Å². The van der Waals surface area contributed by atoms with Crippen molar-refractivity contribution in [1.29, 1.82) is 0 Å². The van der Waals surface area contributed by atoms with Gasteiger partial charge < -0.3 is 15.4 Å². The number of hydrogen-bond acceptors (Lipinski definition) is 2. The summed E-state index contributed by atoms with van der Waals surface area (Å²) in [5.74, 6) is 0.864. The molecule has 2 aromatic rings. The zero-order chi connectivity index (χ0) is 17.5. The van der Waals surface area contributed by atoms with E-state index >= 15 is 0 Å². The van der Waals surface area contributed by atoms with Crippen molar-refractivity contribution in [3.8, 4) is 5.75 Å². The first-order chi connectivity index (χ1) is 11.5. The molecule has 0 fully saturated rings. The molecule has 0 radical (unpaired) electrons. The molecule has 0 heterocycles. The van der Waals surface area contributed by atoms with Gasteiger partial charge in [0.25, 0.3) is 0 Å². The molecule has 0 unspecified atom stereocenters. The van der Waals surface area contributed by atoms with Gasteiger partial charge in [0, 0.05) is 5.69 Å². The molecule has 2 aromatic carbocycles. The topological polar surface area (TPSA) is 33.3 Å². The minimum absolute atomic E-state index is 0.202. The summed E-state index contributed by atoms with van der Waals surface area (Å²) in [4.78, 5) is 0. The lowest BCUT2D eigenvalue weighted by atomic mass is 9.98. The van der Waals surface area contributed by atoms with E-state index in [0.717, 1.165) is 17.9 Å². The highest BCUT2D eigenvalue weighted by molar-refractivity contribution is 7.80. The monoisotopic (exact) mass is 342 g/mol. The van der Waals surface area contributed by atoms with Crippen LogP contribution in [-0.4, -0.2) is 11.7 Å². The third kappa shape index (κ3) is 4.96. The highest BCUT2D eigenvalue weighted by Gasteiger charge is 2.13. The average molecular weight is 343 g/mol. The molecule has 24 heavy (non-hydrogen) atoms. The lowest BCUT2D eigenvalue weighted by Crippen LogP contribution is -2.32. The molecule has 0 saturated heterocycles. The van der Waals surface area contributed by atoms with E-state index in [1.165, 1.54) is 16.7 Å². The van der Waals surface area contributed by atoms with Crippen LogP contribution < -0.4 is 15.4 Å². The molecular formula is C20H26N2OS. The first-order valence-electron chi connectivity index (χ1n) is 8.41. The molecule has 0 aliphatic heterocycles. The van der Waals surface area contributed by atoms with Crippen molar-refractivity contribution in [2.24, 2.45) is 0 Å². The second-order valence-electron chi connectivity index (χ2n) is 5.88. The third-order valence-corrected chi connectivity index (χ3v) is 4.16. The van der Waals surface area contributed by atoms with Gasteiger partial charge in [0.1, 0.15) is 5.75 Å². The van der Waals surface area contributed by atoms with Gasteiger partial charge >= 0.3 is 0 Å². The summed E-state index contributed by atoms with van der Waals surface area (Å²) in [6, 6.07) is 14.6. The van der Waals surface area contributed by atoms with Crippen LogP contribution in [-0.2, 0) is 0 Å². The van der Waals surface area contributed by atoms with Crippen LogP contribution in [0.5, 0.6) is 5.75 Å². The largest absolute Gasteiger partial charge is 0.494 e. The molecule has 0 amide bonds. The van der Waals surface area contributed by atoms with Crippen LogP contribution in [0.25, 0.3) is 0 Å². The Kier molecular flexibility index (Phi) is 6.62. The Morgan fingerprint density at radius 1 is 1.08 bits per heavy atom. The van der Waals surface area contributed by atoms with Gasteiger partial charge in [0.2, 0.25) is 0 Å². The summed E-state index contributed by atoms with van der Waals surface area (Å²) in [5, 5.41) is 7.29.